The van der Waals surface area contributed by atoms with E-state index in [1.165, 1.54) is 25.7 Å². The van der Waals surface area contributed by atoms with Crippen LogP contribution in [0.25, 0.3) is 0 Å². The fourth-order valence-corrected chi connectivity index (χ4v) is 3.65. The second kappa shape index (κ2) is 8.96. The van der Waals surface area contributed by atoms with Gasteiger partial charge in [0.15, 0.2) is 17.5 Å². The van der Waals surface area contributed by atoms with Crippen molar-refractivity contribution in [3.8, 4) is 11.5 Å². The van der Waals surface area contributed by atoms with E-state index >= 15 is 0 Å². The fraction of sp³-hybridized carbons (Fsp3) is 0.632. The number of guanidine groups is 1. The number of hydrogen-bond donors (Lipinski definition) is 2. The average molecular weight is 459 g/mol. The van der Waals surface area contributed by atoms with Gasteiger partial charge >= 0.3 is 0 Å². The van der Waals surface area contributed by atoms with Gasteiger partial charge in [-0.15, -0.1) is 24.0 Å². The lowest BCUT2D eigenvalue weighted by atomic mass is 9.64. The van der Waals surface area contributed by atoms with E-state index in [-0.39, 0.29) is 24.0 Å². The maximum Gasteiger partial charge on any atom is 0.193 e. The summed E-state index contributed by atoms with van der Waals surface area (Å²) < 4.78 is 11.4. The normalized spacial score (nSPS) is 18.8. The van der Waals surface area contributed by atoms with E-state index in [9.17, 15) is 0 Å². The Morgan fingerprint density at radius 3 is 2.56 bits per heavy atom. The quantitative estimate of drug-likeness (QED) is 0.389. The Balaban J connectivity index is 0.00000225. The highest BCUT2D eigenvalue weighted by atomic mass is 127. The second-order valence-corrected chi connectivity index (χ2v) is 7.49. The number of rotatable bonds is 5. The highest BCUT2D eigenvalue weighted by Crippen LogP contribution is 2.46. The minimum absolute atomic E-state index is 0. The summed E-state index contributed by atoms with van der Waals surface area (Å²) in [7, 11) is 0. The number of benzene rings is 1. The molecular weight excluding hydrogens is 429 g/mol. The lowest BCUT2D eigenvalue weighted by molar-refractivity contribution is 0.112. The smallest absolute Gasteiger partial charge is 0.193 e. The van der Waals surface area contributed by atoms with E-state index in [0.717, 1.165) is 30.2 Å². The van der Waals surface area contributed by atoms with Crippen LogP contribution in [0, 0.1) is 11.3 Å². The third-order valence-electron chi connectivity index (χ3n) is 4.86. The Labute approximate surface area is 167 Å². The predicted octanol–water partition coefficient (Wildman–Crippen LogP) is 4.41. The number of fused-ring (bicyclic) bond motifs is 1. The molecule has 3 rings (SSSR count). The number of nitrogens with zero attached hydrogens (tertiary/aromatic N) is 1. The van der Waals surface area contributed by atoms with Crippen LogP contribution in [0.2, 0.25) is 0 Å². The largest absolute Gasteiger partial charge is 0.490 e. The first-order valence-electron chi connectivity index (χ1n) is 9.03. The van der Waals surface area contributed by atoms with Crippen molar-refractivity contribution in [1.29, 1.82) is 0 Å². The summed E-state index contributed by atoms with van der Waals surface area (Å²) in [5.74, 6) is 2.73. The van der Waals surface area contributed by atoms with Crippen LogP contribution >= 0.6 is 24.0 Å². The Morgan fingerprint density at radius 2 is 1.92 bits per heavy atom. The Kier molecular flexibility index (Phi) is 7.22. The molecule has 0 spiro atoms. The zero-order chi connectivity index (χ0) is 17.0. The van der Waals surface area contributed by atoms with Gasteiger partial charge in [0.05, 0.1) is 13.2 Å². The average Bonchev–Trinajstić information content (AvgIpc) is 2.74. The first kappa shape index (κ1) is 20.1. The summed E-state index contributed by atoms with van der Waals surface area (Å²) in [5, 5.41) is 3.18. The van der Waals surface area contributed by atoms with Crippen molar-refractivity contribution in [2.45, 2.75) is 46.0 Å². The topological polar surface area (TPSA) is 68.9 Å². The van der Waals surface area contributed by atoms with Crippen molar-refractivity contribution in [1.82, 2.24) is 0 Å². The van der Waals surface area contributed by atoms with Crippen LogP contribution in [0.5, 0.6) is 11.5 Å². The molecule has 1 heterocycles. The first-order valence-corrected chi connectivity index (χ1v) is 9.03. The SMILES string of the molecule is CC(C)CC1(CN=C(N)Nc2ccc3c(c2)OCCCO3)CCC1.I. The lowest BCUT2D eigenvalue weighted by Crippen LogP contribution is -2.35. The number of ether oxygens (including phenoxy) is 2. The van der Waals surface area contributed by atoms with Gasteiger partial charge < -0.3 is 20.5 Å². The number of anilines is 1. The summed E-state index contributed by atoms with van der Waals surface area (Å²) in [4.78, 5) is 4.61. The molecular formula is C19H30IN3O2. The molecule has 0 atom stereocenters. The molecule has 140 valence electrons. The van der Waals surface area contributed by atoms with Crippen molar-refractivity contribution in [3.05, 3.63) is 18.2 Å². The Hall–Kier alpha value is -1.18. The second-order valence-electron chi connectivity index (χ2n) is 7.49. The molecule has 1 saturated carbocycles. The number of hydrogen-bond acceptors (Lipinski definition) is 3. The number of nitrogens with one attached hydrogen (secondary N) is 1. The maximum absolute atomic E-state index is 6.10. The van der Waals surface area contributed by atoms with E-state index in [2.05, 4.69) is 24.2 Å². The fourth-order valence-electron chi connectivity index (χ4n) is 3.65. The number of nitrogens with two attached hydrogens (primary N) is 1. The van der Waals surface area contributed by atoms with E-state index < -0.39 is 0 Å². The maximum atomic E-state index is 6.10. The Morgan fingerprint density at radius 1 is 1.20 bits per heavy atom. The molecule has 6 heteroatoms. The van der Waals surface area contributed by atoms with Crippen molar-refractivity contribution >= 4 is 35.6 Å². The summed E-state index contributed by atoms with van der Waals surface area (Å²) >= 11 is 0. The predicted molar refractivity (Wildman–Crippen MR) is 113 cm³/mol. The highest BCUT2D eigenvalue weighted by Gasteiger charge is 2.37. The molecule has 0 bridgehead atoms. The van der Waals surface area contributed by atoms with Gasteiger partial charge in [-0.2, -0.15) is 0 Å². The minimum Gasteiger partial charge on any atom is -0.490 e. The van der Waals surface area contributed by atoms with Gasteiger partial charge in [0.1, 0.15) is 0 Å². The molecule has 1 aromatic carbocycles. The van der Waals surface area contributed by atoms with E-state index in [4.69, 9.17) is 15.2 Å². The van der Waals surface area contributed by atoms with Gasteiger partial charge in [0, 0.05) is 24.7 Å². The van der Waals surface area contributed by atoms with Crippen molar-refractivity contribution in [2.75, 3.05) is 25.1 Å². The minimum atomic E-state index is 0. The monoisotopic (exact) mass is 459 g/mol. The first-order chi connectivity index (χ1) is 11.6. The molecule has 5 nitrogen and oxygen atoms in total. The van der Waals surface area contributed by atoms with Gasteiger partial charge in [-0.3, -0.25) is 4.99 Å². The molecule has 0 amide bonds. The Bertz CT molecular complexity index is 600. The van der Waals surface area contributed by atoms with Crippen LogP contribution in [-0.2, 0) is 0 Å². The van der Waals surface area contributed by atoms with Crippen molar-refractivity contribution < 1.29 is 9.47 Å². The molecule has 1 aromatic rings. The van der Waals surface area contributed by atoms with Gasteiger partial charge in [-0.1, -0.05) is 20.3 Å². The van der Waals surface area contributed by atoms with Crippen LogP contribution in [-0.4, -0.2) is 25.7 Å². The molecule has 3 N–H and O–H groups in total. The molecule has 0 radical (unpaired) electrons. The molecule has 0 unspecified atom stereocenters. The molecule has 1 aliphatic carbocycles. The van der Waals surface area contributed by atoms with E-state index in [1.54, 1.807) is 0 Å². The van der Waals surface area contributed by atoms with Crippen molar-refractivity contribution in [2.24, 2.45) is 22.1 Å². The molecule has 0 aromatic heterocycles. The van der Waals surface area contributed by atoms with Crippen LogP contribution in [0.15, 0.2) is 23.2 Å². The molecule has 2 aliphatic rings. The third kappa shape index (κ3) is 5.39. The summed E-state index contributed by atoms with van der Waals surface area (Å²) in [5.41, 5.74) is 7.34. The number of halogens is 1. The van der Waals surface area contributed by atoms with E-state index in [0.29, 0.717) is 30.5 Å². The third-order valence-corrected chi connectivity index (χ3v) is 4.86. The number of aliphatic imine (C=N–C) groups is 1. The molecule has 1 fully saturated rings. The van der Waals surface area contributed by atoms with Gasteiger partial charge in [0.2, 0.25) is 0 Å². The molecule has 1 aliphatic heterocycles. The molecule has 0 saturated heterocycles. The molecule has 25 heavy (non-hydrogen) atoms. The van der Waals surface area contributed by atoms with Crippen molar-refractivity contribution in [3.63, 3.8) is 0 Å². The van der Waals surface area contributed by atoms with Gasteiger partial charge in [-0.25, -0.2) is 0 Å². The van der Waals surface area contributed by atoms with Crippen LogP contribution < -0.4 is 20.5 Å². The van der Waals surface area contributed by atoms with Crippen LogP contribution in [0.4, 0.5) is 5.69 Å². The zero-order valence-corrected chi connectivity index (χ0v) is 17.5. The highest BCUT2D eigenvalue weighted by molar-refractivity contribution is 14.0. The summed E-state index contributed by atoms with van der Waals surface area (Å²) in [6.45, 7) is 6.75. The zero-order valence-electron chi connectivity index (χ0n) is 15.2. The van der Waals surface area contributed by atoms with Gasteiger partial charge in [0.25, 0.3) is 0 Å². The standard InChI is InChI=1S/C19H29N3O2.HI/c1-14(2)12-19(7-3-8-19)13-21-18(20)22-15-5-6-16-17(11-15)24-10-4-9-23-16;/h5-6,11,14H,3-4,7-10,12-13H2,1-2H3,(H3,20,21,22);1H. The van der Waals surface area contributed by atoms with Gasteiger partial charge in [-0.05, 0) is 42.7 Å². The van der Waals surface area contributed by atoms with Crippen LogP contribution in [0.1, 0.15) is 46.0 Å². The van der Waals surface area contributed by atoms with Crippen LogP contribution in [0.3, 0.4) is 0 Å². The summed E-state index contributed by atoms with van der Waals surface area (Å²) in [6, 6.07) is 5.79. The summed E-state index contributed by atoms with van der Waals surface area (Å²) in [6.07, 6.45) is 5.99. The van der Waals surface area contributed by atoms with E-state index in [1.807, 2.05) is 18.2 Å². The lowest BCUT2D eigenvalue weighted by Gasteiger charge is -2.42.